The van der Waals surface area contributed by atoms with Gasteiger partial charge in [-0.3, -0.25) is 0 Å². The third kappa shape index (κ3) is 3.23. The number of allylic oxidation sites excluding steroid dienone is 1. The maximum absolute atomic E-state index is 5.71. The van der Waals surface area contributed by atoms with Crippen molar-refractivity contribution in [2.75, 3.05) is 19.5 Å². The molecule has 0 bridgehead atoms. The van der Waals surface area contributed by atoms with Crippen LogP contribution in [0.4, 0.5) is 5.95 Å². The van der Waals surface area contributed by atoms with Crippen LogP contribution in [0.25, 0.3) is 6.08 Å². The lowest BCUT2D eigenvalue weighted by atomic mass is 10.2. The molecule has 6 nitrogen and oxygen atoms in total. The minimum absolute atomic E-state index is 0.179. The van der Waals surface area contributed by atoms with E-state index in [2.05, 4.69) is 20.3 Å². The Morgan fingerprint density at radius 2 is 1.85 bits per heavy atom. The van der Waals surface area contributed by atoms with E-state index < -0.39 is 0 Å². The van der Waals surface area contributed by atoms with E-state index in [1.165, 1.54) is 7.11 Å². The number of rotatable bonds is 5. The van der Waals surface area contributed by atoms with E-state index in [0.29, 0.717) is 11.7 Å². The number of anilines is 1. The molecular formula is C14H16N4O2. The number of benzene rings is 1. The number of para-hydroxylation sites is 1. The topological polar surface area (TPSA) is 69.2 Å². The van der Waals surface area contributed by atoms with Gasteiger partial charge in [-0.05, 0) is 13.0 Å². The fourth-order valence-corrected chi connectivity index (χ4v) is 1.58. The highest BCUT2D eigenvalue weighted by atomic mass is 16.5. The van der Waals surface area contributed by atoms with Gasteiger partial charge in [0.25, 0.3) is 0 Å². The summed E-state index contributed by atoms with van der Waals surface area (Å²) in [7, 11) is 3.21. The predicted octanol–water partition coefficient (Wildman–Crippen LogP) is 2.75. The molecule has 0 saturated carbocycles. The van der Waals surface area contributed by atoms with Crippen LogP contribution in [0, 0.1) is 0 Å². The van der Waals surface area contributed by atoms with E-state index >= 15 is 0 Å². The van der Waals surface area contributed by atoms with Gasteiger partial charge in [0.15, 0.2) is 0 Å². The molecule has 0 spiro atoms. The molecule has 2 aromatic rings. The lowest BCUT2D eigenvalue weighted by Crippen LogP contribution is -2.03. The third-order valence-electron chi connectivity index (χ3n) is 2.47. The van der Waals surface area contributed by atoms with Gasteiger partial charge in [-0.2, -0.15) is 9.97 Å². The molecule has 0 aliphatic rings. The van der Waals surface area contributed by atoms with Crippen molar-refractivity contribution >= 4 is 12.0 Å². The van der Waals surface area contributed by atoms with Crippen molar-refractivity contribution in [1.29, 1.82) is 0 Å². The average Bonchev–Trinajstić information content (AvgIpc) is 2.49. The molecule has 0 unspecified atom stereocenters. The summed E-state index contributed by atoms with van der Waals surface area (Å²) in [6.45, 7) is 1.95. The largest absolute Gasteiger partial charge is 0.467 e. The Kier molecular flexibility index (Phi) is 4.49. The van der Waals surface area contributed by atoms with E-state index in [-0.39, 0.29) is 12.0 Å². The molecule has 104 valence electrons. The number of hydrogen-bond donors (Lipinski definition) is 1. The minimum Gasteiger partial charge on any atom is -0.467 e. The normalized spacial score (nSPS) is 10.6. The van der Waals surface area contributed by atoms with Crippen LogP contribution in [-0.2, 0) is 0 Å². The molecular weight excluding hydrogens is 256 g/mol. The lowest BCUT2D eigenvalue weighted by molar-refractivity contribution is 0.360. The number of aromatic nitrogens is 3. The summed E-state index contributed by atoms with van der Waals surface area (Å²) in [5.74, 6) is 1.05. The summed E-state index contributed by atoms with van der Waals surface area (Å²) in [6.07, 6.45) is 3.89. The zero-order valence-corrected chi connectivity index (χ0v) is 11.6. The van der Waals surface area contributed by atoms with E-state index in [9.17, 15) is 0 Å². The van der Waals surface area contributed by atoms with Crippen LogP contribution in [-0.4, -0.2) is 29.1 Å². The Balaban J connectivity index is 2.34. The van der Waals surface area contributed by atoms with Gasteiger partial charge in [0.2, 0.25) is 5.95 Å². The van der Waals surface area contributed by atoms with E-state index in [4.69, 9.17) is 9.47 Å². The predicted molar refractivity (Wildman–Crippen MR) is 77.1 cm³/mol. The zero-order valence-electron chi connectivity index (χ0n) is 11.6. The van der Waals surface area contributed by atoms with Crippen LogP contribution in [0.2, 0.25) is 0 Å². The van der Waals surface area contributed by atoms with Gasteiger partial charge in [-0.15, -0.1) is 4.98 Å². The van der Waals surface area contributed by atoms with Crippen molar-refractivity contribution in [2.45, 2.75) is 6.92 Å². The second-order valence-corrected chi connectivity index (χ2v) is 3.82. The van der Waals surface area contributed by atoms with Crippen molar-refractivity contribution in [3.63, 3.8) is 0 Å². The number of nitrogens with zero attached hydrogens (tertiary/aromatic N) is 3. The SMILES string of the molecule is C/C=C/c1ccccc1Oc1nc(NC)nc(OC)n1. The molecule has 1 heterocycles. The van der Waals surface area contributed by atoms with Crippen molar-refractivity contribution in [1.82, 2.24) is 15.0 Å². The van der Waals surface area contributed by atoms with Gasteiger partial charge in [0.1, 0.15) is 5.75 Å². The van der Waals surface area contributed by atoms with Crippen LogP contribution in [0.1, 0.15) is 12.5 Å². The van der Waals surface area contributed by atoms with Crippen molar-refractivity contribution in [3.05, 3.63) is 35.9 Å². The molecule has 0 atom stereocenters. The first-order chi connectivity index (χ1) is 9.76. The van der Waals surface area contributed by atoms with Gasteiger partial charge in [0, 0.05) is 12.6 Å². The Hall–Kier alpha value is -2.63. The van der Waals surface area contributed by atoms with E-state index in [0.717, 1.165) is 5.56 Å². The second kappa shape index (κ2) is 6.51. The summed E-state index contributed by atoms with van der Waals surface area (Å²) in [5, 5.41) is 2.83. The summed E-state index contributed by atoms with van der Waals surface area (Å²) in [4.78, 5) is 12.2. The lowest BCUT2D eigenvalue weighted by Gasteiger charge is -2.08. The highest BCUT2D eigenvalue weighted by Gasteiger charge is 2.09. The Bertz CT molecular complexity index is 592. The van der Waals surface area contributed by atoms with Crippen LogP contribution < -0.4 is 14.8 Å². The molecule has 2 rings (SSSR count). The van der Waals surface area contributed by atoms with Crippen LogP contribution >= 0.6 is 0 Å². The van der Waals surface area contributed by atoms with Gasteiger partial charge >= 0.3 is 12.0 Å². The maximum Gasteiger partial charge on any atom is 0.330 e. The number of nitrogens with one attached hydrogen (secondary N) is 1. The minimum atomic E-state index is 0.179. The first-order valence-electron chi connectivity index (χ1n) is 6.14. The molecule has 0 aliphatic heterocycles. The molecule has 0 radical (unpaired) electrons. The third-order valence-corrected chi connectivity index (χ3v) is 2.47. The van der Waals surface area contributed by atoms with Crippen molar-refractivity contribution < 1.29 is 9.47 Å². The Morgan fingerprint density at radius 1 is 1.10 bits per heavy atom. The molecule has 0 saturated heterocycles. The van der Waals surface area contributed by atoms with Crippen LogP contribution in [0.15, 0.2) is 30.3 Å². The van der Waals surface area contributed by atoms with Gasteiger partial charge < -0.3 is 14.8 Å². The fourth-order valence-electron chi connectivity index (χ4n) is 1.58. The summed E-state index contributed by atoms with van der Waals surface area (Å²) in [5.41, 5.74) is 0.945. The summed E-state index contributed by atoms with van der Waals surface area (Å²) < 4.78 is 10.7. The van der Waals surface area contributed by atoms with Crippen LogP contribution in [0.3, 0.4) is 0 Å². The Morgan fingerprint density at radius 3 is 2.55 bits per heavy atom. The Labute approximate surface area is 117 Å². The first kappa shape index (κ1) is 13.8. The molecule has 1 aromatic heterocycles. The number of methoxy groups -OCH3 is 1. The van der Waals surface area contributed by atoms with E-state index in [1.54, 1.807) is 7.05 Å². The molecule has 6 heteroatoms. The second-order valence-electron chi connectivity index (χ2n) is 3.82. The molecule has 0 amide bonds. The van der Waals surface area contributed by atoms with Gasteiger partial charge in [-0.25, -0.2) is 0 Å². The maximum atomic E-state index is 5.71. The summed E-state index contributed by atoms with van der Waals surface area (Å²) >= 11 is 0. The average molecular weight is 272 g/mol. The monoisotopic (exact) mass is 272 g/mol. The van der Waals surface area contributed by atoms with Crippen LogP contribution in [0.5, 0.6) is 17.8 Å². The molecule has 1 aromatic carbocycles. The van der Waals surface area contributed by atoms with Crippen molar-refractivity contribution in [2.24, 2.45) is 0 Å². The fraction of sp³-hybridized carbons (Fsp3) is 0.214. The standard InChI is InChI=1S/C14H16N4O2/c1-4-7-10-8-5-6-9-11(10)20-14-17-12(15-2)16-13(18-14)19-3/h4-9H,1-3H3,(H,15,16,17,18)/b7-4+. The number of hydrogen-bond acceptors (Lipinski definition) is 6. The van der Waals surface area contributed by atoms with E-state index in [1.807, 2.05) is 43.3 Å². The quantitative estimate of drug-likeness (QED) is 0.902. The van der Waals surface area contributed by atoms with Gasteiger partial charge in [0.05, 0.1) is 7.11 Å². The summed E-state index contributed by atoms with van der Waals surface area (Å²) in [6, 6.07) is 8.01. The zero-order chi connectivity index (χ0) is 14.4. The molecule has 1 N–H and O–H groups in total. The van der Waals surface area contributed by atoms with Crippen molar-refractivity contribution in [3.8, 4) is 17.8 Å². The van der Waals surface area contributed by atoms with Gasteiger partial charge in [-0.1, -0.05) is 30.4 Å². The highest BCUT2D eigenvalue weighted by molar-refractivity contribution is 5.57. The highest BCUT2D eigenvalue weighted by Crippen LogP contribution is 2.25. The smallest absolute Gasteiger partial charge is 0.330 e. The molecule has 0 fully saturated rings. The molecule has 0 aliphatic carbocycles. The molecule has 20 heavy (non-hydrogen) atoms. The number of ether oxygens (including phenoxy) is 2. The first-order valence-corrected chi connectivity index (χ1v) is 6.14.